The van der Waals surface area contributed by atoms with Crippen molar-refractivity contribution in [1.82, 2.24) is 0 Å². The molecule has 2 rings (SSSR count). The van der Waals surface area contributed by atoms with Gasteiger partial charge in [-0.05, 0) is 58.5 Å². The Bertz CT molecular complexity index is 552. The Morgan fingerprint density at radius 3 is 2.44 bits per heavy atom. The number of nitrogens with two attached hydrogens (primary N) is 1. The normalized spacial score (nSPS) is 10.1. The van der Waals surface area contributed by atoms with Gasteiger partial charge in [-0.25, -0.2) is 0 Å². The number of hydrogen-bond acceptors (Lipinski definition) is 2. The van der Waals surface area contributed by atoms with Crippen molar-refractivity contribution in [3.8, 4) is 0 Å². The molecule has 3 N–H and O–H groups in total. The van der Waals surface area contributed by atoms with Crippen LogP contribution in [-0.2, 0) is 11.2 Å². The Morgan fingerprint density at radius 1 is 1.11 bits per heavy atom. The summed E-state index contributed by atoms with van der Waals surface area (Å²) >= 11 is 2.22. The summed E-state index contributed by atoms with van der Waals surface area (Å²) in [5.41, 5.74) is 8.10. The van der Waals surface area contributed by atoms with Crippen LogP contribution in [0.2, 0.25) is 0 Å². The fourth-order valence-electron chi connectivity index (χ4n) is 1.61. The van der Waals surface area contributed by atoms with Gasteiger partial charge in [-0.3, -0.25) is 4.79 Å². The number of carbonyl (C=O) groups excluding carboxylic acids is 1. The lowest BCUT2D eigenvalue weighted by atomic mass is 10.1. The summed E-state index contributed by atoms with van der Waals surface area (Å²) in [6, 6.07) is 15.1. The Hall–Kier alpha value is -1.56. The van der Waals surface area contributed by atoms with Gasteiger partial charge in [0.1, 0.15) is 0 Å². The molecule has 3 nitrogen and oxygen atoms in total. The van der Waals surface area contributed by atoms with Crippen LogP contribution in [0.1, 0.15) is 5.56 Å². The van der Waals surface area contributed by atoms with Gasteiger partial charge >= 0.3 is 0 Å². The molecule has 0 bridgehead atoms. The molecule has 0 fully saturated rings. The average Bonchev–Trinajstić information content (AvgIpc) is 2.35. The second kappa shape index (κ2) is 5.86. The van der Waals surface area contributed by atoms with E-state index in [1.807, 2.05) is 42.5 Å². The van der Waals surface area contributed by atoms with Crippen molar-refractivity contribution in [2.75, 3.05) is 11.1 Å². The lowest BCUT2D eigenvalue weighted by molar-refractivity contribution is -0.115. The van der Waals surface area contributed by atoms with Crippen LogP contribution in [0.5, 0.6) is 0 Å². The molecular weight excluding hydrogens is 339 g/mol. The molecular formula is C14H13IN2O. The summed E-state index contributed by atoms with van der Waals surface area (Å²) in [6.45, 7) is 0. The number of nitrogen functional groups attached to an aromatic ring is 1. The summed E-state index contributed by atoms with van der Waals surface area (Å²) < 4.78 is 1.14. The highest BCUT2D eigenvalue weighted by atomic mass is 127. The molecule has 2 aromatic carbocycles. The minimum absolute atomic E-state index is 0.0610. The minimum atomic E-state index is -0.0610. The Morgan fingerprint density at radius 2 is 1.78 bits per heavy atom. The molecule has 0 radical (unpaired) electrons. The number of nitrogens with one attached hydrogen (secondary N) is 1. The second-order valence-corrected chi connectivity index (χ2v) is 5.18. The third kappa shape index (κ3) is 3.46. The monoisotopic (exact) mass is 352 g/mol. The van der Waals surface area contributed by atoms with E-state index in [1.54, 1.807) is 6.07 Å². The zero-order valence-electron chi connectivity index (χ0n) is 9.69. The fourth-order valence-corrected chi connectivity index (χ4v) is 1.97. The SMILES string of the molecule is Nc1ccccc1CC(=O)Nc1ccc(I)cc1. The molecule has 4 heteroatoms. The highest BCUT2D eigenvalue weighted by Crippen LogP contribution is 2.14. The van der Waals surface area contributed by atoms with Crippen LogP contribution < -0.4 is 11.1 Å². The lowest BCUT2D eigenvalue weighted by Gasteiger charge is -2.07. The van der Waals surface area contributed by atoms with Gasteiger partial charge < -0.3 is 11.1 Å². The minimum Gasteiger partial charge on any atom is -0.398 e. The predicted molar refractivity (Wildman–Crippen MR) is 82.3 cm³/mol. The first-order valence-electron chi connectivity index (χ1n) is 5.54. The molecule has 1 amide bonds. The maximum atomic E-state index is 11.9. The number of carbonyl (C=O) groups is 1. The van der Waals surface area contributed by atoms with Crippen molar-refractivity contribution in [3.63, 3.8) is 0 Å². The second-order valence-electron chi connectivity index (χ2n) is 3.93. The molecule has 18 heavy (non-hydrogen) atoms. The van der Waals surface area contributed by atoms with Gasteiger partial charge in [0.05, 0.1) is 6.42 Å². The molecule has 0 spiro atoms. The van der Waals surface area contributed by atoms with Crippen molar-refractivity contribution in [3.05, 3.63) is 57.7 Å². The molecule has 0 saturated carbocycles. The van der Waals surface area contributed by atoms with E-state index in [4.69, 9.17) is 5.73 Å². The lowest BCUT2D eigenvalue weighted by Crippen LogP contribution is -2.15. The number of rotatable bonds is 3. The zero-order chi connectivity index (χ0) is 13.0. The van der Waals surface area contributed by atoms with Crippen LogP contribution in [0.25, 0.3) is 0 Å². The molecule has 0 atom stereocenters. The predicted octanol–water partition coefficient (Wildman–Crippen LogP) is 3.05. The maximum Gasteiger partial charge on any atom is 0.228 e. The Balaban J connectivity index is 2.01. The van der Waals surface area contributed by atoms with Gasteiger partial charge in [0.25, 0.3) is 0 Å². The summed E-state index contributed by atoms with van der Waals surface area (Å²) in [5, 5.41) is 2.85. The molecule has 2 aromatic rings. The van der Waals surface area contributed by atoms with Gasteiger partial charge in [0, 0.05) is 14.9 Å². The summed E-state index contributed by atoms with van der Waals surface area (Å²) in [7, 11) is 0. The number of para-hydroxylation sites is 1. The van der Waals surface area contributed by atoms with Gasteiger partial charge in [-0.1, -0.05) is 18.2 Å². The van der Waals surface area contributed by atoms with Crippen molar-refractivity contribution >= 4 is 39.9 Å². The van der Waals surface area contributed by atoms with Gasteiger partial charge in [-0.2, -0.15) is 0 Å². The van der Waals surface area contributed by atoms with Crippen LogP contribution >= 0.6 is 22.6 Å². The highest BCUT2D eigenvalue weighted by molar-refractivity contribution is 14.1. The largest absolute Gasteiger partial charge is 0.398 e. The molecule has 0 aliphatic carbocycles. The quantitative estimate of drug-likeness (QED) is 0.659. The number of halogens is 1. The molecule has 0 heterocycles. The van der Waals surface area contributed by atoms with Crippen LogP contribution in [0, 0.1) is 3.57 Å². The van der Waals surface area contributed by atoms with E-state index in [1.165, 1.54) is 0 Å². The number of amides is 1. The van der Waals surface area contributed by atoms with E-state index in [2.05, 4.69) is 27.9 Å². The summed E-state index contributed by atoms with van der Waals surface area (Å²) in [5.74, 6) is -0.0610. The standard InChI is InChI=1S/C14H13IN2O/c15-11-5-7-12(8-6-11)17-14(18)9-10-3-1-2-4-13(10)16/h1-8H,9,16H2,(H,17,18). The Labute approximate surface area is 120 Å². The maximum absolute atomic E-state index is 11.9. The van der Waals surface area contributed by atoms with Gasteiger partial charge in [0.2, 0.25) is 5.91 Å². The van der Waals surface area contributed by atoms with Crippen LogP contribution in [0.4, 0.5) is 11.4 Å². The number of benzene rings is 2. The molecule has 0 aliphatic heterocycles. The van der Waals surface area contributed by atoms with E-state index in [-0.39, 0.29) is 5.91 Å². The highest BCUT2D eigenvalue weighted by Gasteiger charge is 2.06. The van der Waals surface area contributed by atoms with E-state index >= 15 is 0 Å². The molecule has 0 aliphatic rings. The smallest absolute Gasteiger partial charge is 0.228 e. The van der Waals surface area contributed by atoms with E-state index in [0.29, 0.717) is 12.1 Å². The van der Waals surface area contributed by atoms with Crippen molar-refractivity contribution < 1.29 is 4.79 Å². The van der Waals surface area contributed by atoms with Crippen LogP contribution in [-0.4, -0.2) is 5.91 Å². The Kier molecular flexibility index (Phi) is 4.19. The summed E-state index contributed by atoms with van der Waals surface area (Å²) in [6.07, 6.45) is 0.290. The first kappa shape index (κ1) is 12.9. The van der Waals surface area contributed by atoms with Crippen molar-refractivity contribution in [2.24, 2.45) is 0 Å². The fraction of sp³-hybridized carbons (Fsp3) is 0.0714. The van der Waals surface area contributed by atoms with Crippen molar-refractivity contribution in [2.45, 2.75) is 6.42 Å². The summed E-state index contributed by atoms with van der Waals surface area (Å²) in [4.78, 5) is 11.9. The first-order chi connectivity index (χ1) is 8.65. The molecule has 0 aromatic heterocycles. The van der Waals surface area contributed by atoms with Gasteiger partial charge in [-0.15, -0.1) is 0 Å². The first-order valence-corrected chi connectivity index (χ1v) is 6.62. The van der Waals surface area contributed by atoms with Crippen LogP contribution in [0.15, 0.2) is 48.5 Å². The third-order valence-electron chi connectivity index (χ3n) is 2.53. The van der Waals surface area contributed by atoms with E-state index in [9.17, 15) is 4.79 Å². The van der Waals surface area contributed by atoms with Crippen molar-refractivity contribution in [1.29, 1.82) is 0 Å². The van der Waals surface area contributed by atoms with E-state index in [0.717, 1.165) is 14.8 Å². The molecule has 0 unspecified atom stereocenters. The van der Waals surface area contributed by atoms with Crippen LogP contribution in [0.3, 0.4) is 0 Å². The third-order valence-corrected chi connectivity index (χ3v) is 3.25. The van der Waals surface area contributed by atoms with E-state index < -0.39 is 0 Å². The molecule has 0 saturated heterocycles. The average molecular weight is 352 g/mol. The molecule has 92 valence electrons. The number of anilines is 2. The topological polar surface area (TPSA) is 55.1 Å². The zero-order valence-corrected chi connectivity index (χ0v) is 11.8. The van der Waals surface area contributed by atoms with Gasteiger partial charge in [0.15, 0.2) is 0 Å². The number of hydrogen-bond donors (Lipinski definition) is 2.